The molecule has 1 unspecified atom stereocenters. The van der Waals surface area contributed by atoms with Crippen LogP contribution in [0.5, 0.6) is 17.2 Å². The van der Waals surface area contributed by atoms with Gasteiger partial charge in [-0.2, -0.15) is 4.99 Å². The number of carbonyl (C=O) groups excluding carboxylic acids is 1. The Bertz CT molecular complexity index is 1510. The summed E-state index contributed by atoms with van der Waals surface area (Å²) in [7, 11) is 0. The van der Waals surface area contributed by atoms with Crippen molar-refractivity contribution in [2.24, 2.45) is 4.99 Å². The second kappa shape index (κ2) is 12.9. The van der Waals surface area contributed by atoms with Crippen LogP contribution in [-0.4, -0.2) is 41.6 Å². The molecule has 3 aromatic rings. The summed E-state index contributed by atoms with van der Waals surface area (Å²) < 4.78 is 17.7. The molecule has 1 N–H and O–H groups in total. The standard InChI is InChI=1S/C33H33N3O4S/c1-4-22(3)24-12-14-26(15-13-24)39-17-18-40-29-16-11-23(20-30(29)38-5-2)19-27-31(34)36-28(25-9-7-6-8-10-25)21-41-33(36)35-32(27)37/h6-16,19-22,34H,4-5,17-18H2,1-3H3. The fourth-order valence-electron chi connectivity index (χ4n) is 4.52. The van der Waals surface area contributed by atoms with Crippen LogP contribution in [0.25, 0.3) is 11.8 Å². The number of thioether (sulfide) groups is 1. The highest BCUT2D eigenvalue weighted by atomic mass is 32.2. The topological polar surface area (TPSA) is 84.2 Å². The van der Waals surface area contributed by atoms with Gasteiger partial charge >= 0.3 is 0 Å². The van der Waals surface area contributed by atoms with E-state index in [1.807, 2.05) is 73.0 Å². The molecule has 0 bridgehead atoms. The van der Waals surface area contributed by atoms with Gasteiger partial charge in [0.15, 0.2) is 16.7 Å². The first-order valence-corrected chi connectivity index (χ1v) is 14.6. The van der Waals surface area contributed by atoms with E-state index < -0.39 is 5.91 Å². The lowest BCUT2D eigenvalue weighted by Gasteiger charge is -2.27. The van der Waals surface area contributed by atoms with Crippen molar-refractivity contribution in [2.75, 3.05) is 19.8 Å². The smallest absolute Gasteiger partial charge is 0.283 e. The van der Waals surface area contributed by atoms with Gasteiger partial charge in [-0.25, -0.2) is 0 Å². The van der Waals surface area contributed by atoms with Crippen LogP contribution in [-0.2, 0) is 4.79 Å². The molecule has 8 heteroatoms. The van der Waals surface area contributed by atoms with E-state index in [0.29, 0.717) is 48.0 Å². The minimum absolute atomic E-state index is 0.0905. The maximum Gasteiger partial charge on any atom is 0.283 e. The van der Waals surface area contributed by atoms with Crippen LogP contribution in [0.15, 0.2) is 88.8 Å². The van der Waals surface area contributed by atoms with Crippen molar-refractivity contribution in [3.63, 3.8) is 0 Å². The molecular formula is C33H33N3O4S. The molecule has 5 rings (SSSR count). The van der Waals surface area contributed by atoms with Crippen LogP contribution in [0.2, 0.25) is 0 Å². The lowest BCUT2D eigenvalue weighted by Crippen LogP contribution is -2.38. The second-order valence-corrected chi connectivity index (χ2v) is 10.5. The maximum absolute atomic E-state index is 12.9. The van der Waals surface area contributed by atoms with Crippen LogP contribution >= 0.6 is 11.8 Å². The molecule has 2 heterocycles. The quantitative estimate of drug-likeness (QED) is 0.193. The van der Waals surface area contributed by atoms with E-state index in [-0.39, 0.29) is 11.4 Å². The molecule has 0 spiro atoms. The van der Waals surface area contributed by atoms with E-state index in [0.717, 1.165) is 23.4 Å². The number of amidine groups is 2. The predicted molar refractivity (Wildman–Crippen MR) is 166 cm³/mol. The molecule has 0 saturated carbocycles. The van der Waals surface area contributed by atoms with Crippen LogP contribution in [0.4, 0.5) is 0 Å². The van der Waals surface area contributed by atoms with Crippen molar-refractivity contribution in [1.29, 1.82) is 5.41 Å². The van der Waals surface area contributed by atoms with E-state index in [2.05, 4.69) is 31.0 Å². The molecule has 2 aliphatic heterocycles. The molecule has 41 heavy (non-hydrogen) atoms. The average molecular weight is 568 g/mol. The van der Waals surface area contributed by atoms with Crippen molar-refractivity contribution in [3.05, 3.63) is 100 Å². The third kappa shape index (κ3) is 6.38. The van der Waals surface area contributed by atoms with Crippen molar-refractivity contribution in [1.82, 2.24) is 4.90 Å². The lowest BCUT2D eigenvalue weighted by atomic mass is 9.99. The van der Waals surface area contributed by atoms with Gasteiger partial charge < -0.3 is 14.2 Å². The predicted octanol–water partition coefficient (Wildman–Crippen LogP) is 7.36. The SMILES string of the molecule is CCOc1cc(C=C2C(=N)N3C(c4ccccc4)=CSC3=NC2=O)ccc1OCCOc1ccc(C(C)CC)cc1. The van der Waals surface area contributed by atoms with Gasteiger partial charge in [0.25, 0.3) is 5.91 Å². The fourth-order valence-corrected chi connectivity index (χ4v) is 5.41. The summed E-state index contributed by atoms with van der Waals surface area (Å²) in [6, 6.07) is 23.4. The summed E-state index contributed by atoms with van der Waals surface area (Å²) in [5.74, 6) is 2.12. The molecular weight excluding hydrogens is 534 g/mol. The Morgan fingerprint density at radius 2 is 1.71 bits per heavy atom. The zero-order valence-electron chi connectivity index (χ0n) is 23.4. The number of nitrogens with zero attached hydrogens (tertiary/aromatic N) is 2. The van der Waals surface area contributed by atoms with Crippen molar-refractivity contribution < 1.29 is 19.0 Å². The Morgan fingerprint density at radius 3 is 2.44 bits per heavy atom. The Kier molecular flexibility index (Phi) is 8.89. The van der Waals surface area contributed by atoms with E-state index in [1.54, 1.807) is 11.0 Å². The van der Waals surface area contributed by atoms with Crippen LogP contribution in [0, 0.1) is 5.41 Å². The highest BCUT2D eigenvalue weighted by Gasteiger charge is 2.36. The van der Waals surface area contributed by atoms with Crippen molar-refractivity contribution >= 4 is 40.4 Å². The number of aliphatic imine (C=N–C) groups is 1. The maximum atomic E-state index is 12.9. The van der Waals surface area contributed by atoms with Gasteiger partial charge in [-0.15, -0.1) is 0 Å². The Morgan fingerprint density at radius 1 is 0.951 bits per heavy atom. The summed E-state index contributed by atoms with van der Waals surface area (Å²) in [5, 5.41) is 11.3. The number of fused-ring (bicyclic) bond motifs is 1. The third-order valence-corrected chi connectivity index (χ3v) is 7.76. The zero-order chi connectivity index (χ0) is 28.8. The van der Waals surface area contributed by atoms with Gasteiger partial charge in [0.1, 0.15) is 24.8 Å². The van der Waals surface area contributed by atoms with Gasteiger partial charge in [0.2, 0.25) is 0 Å². The molecule has 0 aliphatic carbocycles. The number of hydrogen-bond donors (Lipinski definition) is 1. The van der Waals surface area contributed by atoms with Crippen LogP contribution in [0.1, 0.15) is 49.8 Å². The van der Waals surface area contributed by atoms with E-state index in [9.17, 15) is 4.79 Å². The largest absolute Gasteiger partial charge is 0.490 e. The molecule has 0 saturated heterocycles. The van der Waals surface area contributed by atoms with Gasteiger partial charge in [-0.05, 0) is 66.3 Å². The zero-order valence-corrected chi connectivity index (χ0v) is 24.2. The Balaban J connectivity index is 1.27. The fraction of sp³-hybridized carbons (Fsp3) is 0.242. The van der Waals surface area contributed by atoms with Crippen LogP contribution < -0.4 is 14.2 Å². The normalized spacial score (nSPS) is 16.3. The molecule has 210 valence electrons. The summed E-state index contributed by atoms with van der Waals surface area (Å²) >= 11 is 1.34. The number of benzene rings is 3. The monoisotopic (exact) mass is 567 g/mol. The van der Waals surface area contributed by atoms with Gasteiger partial charge in [-0.1, -0.05) is 74.1 Å². The Labute approximate surface area is 245 Å². The summed E-state index contributed by atoms with van der Waals surface area (Å²) in [6.07, 6.45) is 2.78. The number of hydrogen-bond acceptors (Lipinski definition) is 6. The minimum atomic E-state index is -0.441. The highest BCUT2D eigenvalue weighted by Crippen LogP contribution is 2.38. The number of rotatable bonds is 11. The molecule has 0 radical (unpaired) electrons. The molecule has 2 aliphatic rings. The van der Waals surface area contributed by atoms with E-state index >= 15 is 0 Å². The number of nitrogens with one attached hydrogen (secondary N) is 1. The second-order valence-electron chi connectivity index (χ2n) is 9.64. The third-order valence-electron chi connectivity index (χ3n) is 6.93. The number of ether oxygens (including phenoxy) is 3. The highest BCUT2D eigenvalue weighted by molar-refractivity contribution is 8.17. The van der Waals surface area contributed by atoms with E-state index in [1.165, 1.54) is 17.3 Å². The van der Waals surface area contributed by atoms with Crippen molar-refractivity contribution in [3.8, 4) is 17.2 Å². The molecule has 0 fully saturated rings. The van der Waals surface area contributed by atoms with Crippen molar-refractivity contribution in [2.45, 2.75) is 33.1 Å². The summed E-state index contributed by atoms with van der Waals surface area (Å²) in [6.45, 7) is 7.48. The van der Waals surface area contributed by atoms with Gasteiger partial charge in [0.05, 0.1) is 17.9 Å². The van der Waals surface area contributed by atoms with Crippen LogP contribution in [0.3, 0.4) is 0 Å². The van der Waals surface area contributed by atoms with E-state index in [4.69, 9.17) is 19.6 Å². The average Bonchev–Trinajstić information content (AvgIpc) is 3.42. The summed E-state index contributed by atoms with van der Waals surface area (Å²) in [4.78, 5) is 18.9. The molecule has 3 aromatic carbocycles. The number of amides is 1. The molecule has 1 amide bonds. The van der Waals surface area contributed by atoms with Gasteiger partial charge in [0, 0.05) is 5.41 Å². The summed E-state index contributed by atoms with van der Waals surface area (Å²) in [5.41, 5.74) is 4.00. The first-order chi connectivity index (χ1) is 20.0. The first kappa shape index (κ1) is 28.2. The number of carbonyl (C=O) groups is 1. The Hall–Kier alpha value is -4.30. The minimum Gasteiger partial charge on any atom is -0.490 e. The first-order valence-electron chi connectivity index (χ1n) is 13.8. The lowest BCUT2D eigenvalue weighted by molar-refractivity contribution is -0.114. The van der Waals surface area contributed by atoms with Gasteiger partial charge in [-0.3, -0.25) is 15.1 Å². The molecule has 1 atom stereocenters. The molecule has 0 aromatic heterocycles. The molecule has 7 nitrogen and oxygen atoms in total.